The summed E-state index contributed by atoms with van der Waals surface area (Å²) in [6.45, 7) is 10.6. The van der Waals surface area contributed by atoms with Gasteiger partial charge >= 0.3 is 0 Å². The molecule has 0 saturated heterocycles. The summed E-state index contributed by atoms with van der Waals surface area (Å²) in [6.07, 6.45) is 12.0. The molecule has 0 aromatic rings. The van der Waals surface area contributed by atoms with Gasteiger partial charge in [-0.15, -0.1) is 0 Å². The summed E-state index contributed by atoms with van der Waals surface area (Å²) in [4.78, 5) is 0. The highest BCUT2D eigenvalue weighted by atomic mass is 13.9. The van der Waals surface area contributed by atoms with Crippen LogP contribution in [0.4, 0.5) is 0 Å². The summed E-state index contributed by atoms with van der Waals surface area (Å²) in [5.41, 5.74) is 3.93. The largest absolute Gasteiger partial charge is 0.0847 e. The van der Waals surface area contributed by atoms with Gasteiger partial charge in [0, 0.05) is 0 Å². The van der Waals surface area contributed by atoms with E-state index in [9.17, 15) is 0 Å². The van der Waals surface area contributed by atoms with E-state index in [0.717, 1.165) is 6.42 Å². The zero-order valence-electron chi connectivity index (χ0n) is 10.1. The Morgan fingerprint density at radius 1 is 0.929 bits per heavy atom. The average Bonchev–Trinajstić information content (AvgIpc) is 2.14. The van der Waals surface area contributed by atoms with Crippen molar-refractivity contribution in [3.05, 3.63) is 47.1 Å². The first-order chi connectivity index (χ1) is 6.60. The van der Waals surface area contributed by atoms with E-state index in [1.54, 1.807) is 0 Å². The lowest BCUT2D eigenvalue weighted by atomic mass is 10.1. The van der Waals surface area contributed by atoms with Crippen LogP contribution in [-0.2, 0) is 0 Å². The molecule has 0 unspecified atom stereocenters. The first kappa shape index (κ1) is 13.0. The molecule has 0 radical (unpaired) electrons. The smallest absolute Gasteiger partial charge is 0.0376 e. The van der Waals surface area contributed by atoms with Crippen molar-refractivity contribution in [2.24, 2.45) is 0 Å². The number of rotatable bonds is 4. The normalized spacial score (nSPS) is 15.4. The quantitative estimate of drug-likeness (QED) is 0.558. The Bertz CT molecular complexity index is 272. The maximum Gasteiger partial charge on any atom is -0.0376 e. The minimum Gasteiger partial charge on any atom is -0.0847 e. The molecule has 0 rings (SSSR count). The lowest BCUT2D eigenvalue weighted by Gasteiger charge is -1.96. The van der Waals surface area contributed by atoms with Gasteiger partial charge < -0.3 is 0 Å². The molecule has 0 aromatic heterocycles. The maximum absolute atomic E-state index is 2.21. The molecule has 0 aromatic carbocycles. The highest BCUT2D eigenvalue weighted by molar-refractivity contribution is 5.32. The van der Waals surface area contributed by atoms with Crippen molar-refractivity contribution < 1.29 is 0 Å². The Balaban J connectivity index is 4.49. The topological polar surface area (TPSA) is 0 Å². The van der Waals surface area contributed by atoms with Gasteiger partial charge in [-0.3, -0.25) is 0 Å². The molecule has 0 aliphatic carbocycles. The van der Waals surface area contributed by atoms with Crippen LogP contribution in [0.25, 0.3) is 0 Å². The molecule has 0 heterocycles. The van der Waals surface area contributed by atoms with Crippen LogP contribution in [0.1, 0.15) is 41.0 Å². The van der Waals surface area contributed by atoms with Gasteiger partial charge in [-0.2, -0.15) is 0 Å². The van der Waals surface area contributed by atoms with Gasteiger partial charge in [-0.25, -0.2) is 0 Å². The van der Waals surface area contributed by atoms with E-state index >= 15 is 0 Å². The standard InChI is InChI=1S/C14H22/c1-6-8-9-13(4)11-14(5)10-12(3)7-2/h7-11H,6H2,1-5H3/b9-8+,12-7+,13-11+,14-10-. The third-order valence-corrected chi connectivity index (χ3v) is 1.98. The summed E-state index contributed by atoms with van der Waals surface area (Å²) in [5.74, 6) is 0. The van der Waals surface area contributed by atoms with Crippen LogP contribution in [-0.4, -0.2) is 0 Å². The van der Waals surface area contributed by atoms with Crippen molar-refractivity contribution in [1.29, 1.82) is 0 Å². The Hall–Kier alpha value is -1.04. The lowest BCUT2D eigenvalue weighted by molar-refractivity contribution is 1.22. The number of allylic oxidation sites excluding steroid dienone is 8. The second-order valence-electron chi connectivity index (χ2n) is 3.62. The van der Waals surface area contributed by atoms with Crippen LogP contribution >= 0.6 is 0 Å². The molecular weight excluding hydrogens is 168 g/mol. The summed E-state index contributed by atoms with van der Waals surface area (Å²) in [5, 5.41) is 0. The summed E-state index contributed by atoms with van der Waals surface area (Å²) in [7, 11) is 0. The summed E-state index contributed by atoms with van der Waals surface area (Å²) >= 11 is 0. The average molecular weight is 190 g/mol. The Morgan fingerprint density at radius 3 is 2.00 bits per heavy atom. The van der Waals surface area contributed by atoms with E-state index in [0.29, 0.717) is 0 Å². The van der Waals surface area contributed by atoms with E-state index in [4.69, 9.17) is 0 Å². The van der Waals surface area contributed by atoms with Crippen LogP contribution in [0.2, 0.25) is 0 Å². The minimum atomic E-state index is 1.10. The third-order valence-electron chi connectivity index (χ3n) is 1.98. The number of hydrogen-bond acceptors (Lipinski definition) is 0. The van der Waals surface area contributed by atoms with Crippen LogP contribution in [0.3, 0.4) is 0 Å². The minimum absolute atomic E-state index is 1.10. The first-order valence-corrected chi connectivity index (χ1v) is 5.26. The van der Waals surface area contributed by atoms with Crippen molar-refractivity contribution >= 4 is 0 Å². The highest BCUT2D eigenvalue weighted by Gasteiger charge is 1.86. The summed E-state index contributed by atoms with van der Waals surface area (Å²) in [6, 6.07) is 0. The molecule has 0 aliphatic heterocycles. The fourth-order valence-electron chi connectivity index (χ4n) is 1.20. The summed E-state index contributed by atoms with van der Waals surface area (Å²) < 4.78 is 0. The van der Waals surface area contributed by atoms with Crippen molar-refractivity contribution in [3.8, 4) is 0 Å². The Morgan fingerprint density at radius 2 is 1.50 bits per heavy atom. The van der Waals surface area contributed by atoms with Gasteiger partial charge in [0.1, 0.15) is 0 Å². The second kappa shape index (κ2) is 7.37. The van der Waals surface area contributed by atoms with E-state index in [1.165, 1.54) is 16.7 Å². The van der Waals surface area contributed by atoms with E-state index < -0.39 is 0 Å². The van der Waals surface area contributed by atoms with Gasteiger partial charge in [0.25, 0.3) is 0 Å². The Kier molecular flexibility index (Phi) is 6.82. The second-order valence-corrected chi connectivity index (χ2v) is 3.62. The van der Waals surface area contributed by atoms with Gasteiger partial charge in [0.2, 0.25) is 0 Å². The zero-order chi connectivity index (χ0) is 11.0. The molecule has 0 aliphatic rings. The molecule has 0 heteroatoms. The molecular formula is C14H22. The van der Waals surface area contributed by atoms with Crippen LogP contribution in [0.15, 0.2) is 47.1 Å². The van der Waals surface area contributed by atoms with Gasteiger partial charge in [-0.05, 0) is 34.1 Å². The molecule has 0 fully saturated rings. The molecule has 0 amide bonds. The molecule has 78 valence electrons. The van der Waals surface area contributed by atoms with Gasteiger partial charge in [0.05, 0.1) is 0 Å². The maximum atomic E-state index is 2.21. The third kappa shape index (κ3) is 6.47. The lowest BCUT2D eigenvalue weighted by Crippen LogP contribution is -1.75. The van der Waals surface area contributed by atoms with E-state index in [-0.39, 0.29) is 0 Å². The number of hydrogen-bond donors (Lipinski definition) is 0. The predicted molar refractivity (Wildman–Crippen MR) is 66.4 cm³/mol. The zero-order valence-corrected chi connectivity index (χ0v) is 10.1. The first-order valence-electron chi connectivity index (χ1n) is 5.26. The predicted octanol–water partition coefficient (Wildman–Crippen LogP) is 4.81. The molecule has 0 saturated carbocycles. The van der Waals surface area contributed by atoms with Crippen molar-refractivity contribution in [2.75, 3.05) is 0 Å². The molecule has 14 heavy (non-hydrogen) atoms. The molecule has 0 atom stereocenters. The monoisotopic (exact) mass is 190 g/mol. The van der Waals surface area contributed by atoms with Crippen LogP contribution in [0.5, 0.6) is 0 Å². The van der Waals surface area contributed by atoms with E-state index in [1.807, 2.05) is 0 Å². The molecule has 0 N–H and O–H groups in total. The van der Waals surface area contributed by atoms with Crippen LogP contribution < -0.4 is 0 Å². The molecule has 0 spiro atoms. The van der Waals surface area contributed by atoms with Crippen molar-refractivity contribution in [3.63, 3.8) is 0 Å². The fourth-order valence-corrected chi connectivity index (χ4v) is 1.20. The van der Waals surface area contributed by atoms with Crippen LogP contribution in [0, 0.1) is 0 Å². The highest BCUT2D eigenvalue weighted by Crippen LogP contribution is 2.07. The van der Waals surface area contributed by atoms with Crippen molar-refractivity contribution in [1.82, 2.24) is 0 Å². The van der Waals surface area contributed by atoms with E-state index in [2.05, 4.69) is 65.0 Å². The molecule has 0 nitrogen and oxygen atoms in total. The van der Waals surface area contributed by atoms with Gasteiger partial charge in [0.15, 0.2) is 0 Å². The Labute approximate surface area is 88.7 Å². The fraction of sp³-hybridized carbons (Fsp3) is 0.429. The molecule has 0 bridgehead atoms. The van der Waals surface area contributed by atoms with Gasteiger partial charge in [-0.1, -0.05) is 54.0 Å². The SMILES string of the molecule is C/C=C(C)/C=C(C)\C=C(C)\C=C\CC. The van der Waals surface area contributed by atoms with Crippen molar-refractivity contribution in [2.45, 2.75) is 41.0 Å².